The highest BCUT2D eigenvalue weighted by atomic mass is 79.9. The van der Waals surface area contributed by atoms with E-state index in [2.05, 4.69) is 21.2 Å². The number of nitrogens with zero attached hydrogens (tertiary/aromatic N) is 2. The Morgan fingerprint density at radius 2 is 1.65 bits per heavy atom. The molecule has 0 saturated heterocycles. The molecule has 0 aliphatic heterocycles. The van der Waals surface area contributed by atoms with Gasteiger partial charge in [0.15, 0.2) is 0 Å². The minimum Gasteiger partial charge on any atom is -0.354 e. The number of halogens is 3. The topological polar surface area (TPSA) is 86.8 Å². The van der Waals surface area contributed by atoms with Crippen LogP contribution < -0.4 is 9.62 Å². The fraction of sp³-hybridized carbons (Fsp3) is 0.391. The molecule has 2 aromatic rings. The highest BCUT2D eigenvalue weighted by Gasteiger charge is 2.31. The van der Waals surface area contributed by atoms with Gasteiger partial charge >= 0.3 is 0 Å². The van der Waals surface area contributed by atoms with Crippen LogP contribution in [0.3, 0.4) is 0 Å². The number of sulfonamides is 1. The molecule has 0 radical (unpaired) electrons. The van der Waals surface area contributed by atoms with Crippen LogP contribution in [0, 0.1) is 5.92 Å². The second kappa shape index (κ2) is 12.2. The molecule has 0 aliphatic rings. The summed E-state index contributed by atoms with van der Waals surface area (Å²) in [4.78, 5) is 27.6. The summed E-state index contributed by atoms with van der Waals surface area (Å²) in [6.07, 6.45) is 1.02. The van der Waals surface area contributed by atoms with Crippen molar-refractivity contribution in [1.82, 2.24) is 10.2 Å². The van der Waals surface area contributed by atoms with Crippen LogP contribution in [0.25, 0.3) is 0 Å². The summed E-state index contributed by atoms with van der Waals surface area (Å²) in [6.45, 7) is 5.37. The molecule has 2 rings (SSSR count). The Hall–Kier alpha value is -1.81. The van der Waals surface area contributed by atoms with Gasteiger partial charge in [-0.2, -0.15) is 0 Å². The van der Waals surface area contributed by atoms with E-state index in [9.17, 15) is 18.0 Å². The lowest BCUT2D eigenvalue weighted by molar-refractivity contribution is -0.139. The minimum atomic E-state index is -3.81. The SMILES string of the molecule is CC(C)CNC(=O)[C@@H](C)N(Cc1c(Cl)cccc1Cl)C(=O)CN(c1cccc(Br)c1)S(C)(=O)=O. The summed E-state index contributed by atoms with van der Waals surface area (Å²) in [5, 5.41) is 3.50. The van der Waals surface area contributed by atoms with Gasteiger partial charge in [-0.1, -0.05) is 65.1 Å². The van der Waals surface area contributed by atoms with Gasteiger partial charge in [0, 0.05) is 33.2 Å². The van der Waals surface area contributed by atoms with E-state index >= 15 is 0 Å². The fourth-order valence-corrected chi connectivity index (χ4v) is 4.88. The van der Waals surface area contributed by atoms with Crippen molar-refractivity contribution in [3.63, 3.8) is 0 Å². The molecule has 1 atom stereocenters. The van der Waals surface area contributed by atoms with Crippen molar-refractivity contribution in [1.29, 1.82) is 0 Å². The largest absolute Gasteiger partial charge is 0.354 e. The van der Waals surface area contributed by atoms with Gasteiger partial charge in [-0.05, 0) is 43.2 Å². The number of carbonyl (C=O) groups is 2. The lowest BCUT2D eigenvalue weighted by Crippen LogP contribution is -2.51. The van der Waals surface area contributed by atoms with Crippen molar-refractivity contribution in [2.75, 3.05) is 23.7 Å². The summed E-state index contributed by atoms with van der Waals surface area (Å²) in [6, 6.07) is 10.7. The summed E-state index contributed by atoms with van der Waals surface area (Å²) < 4.78 is 26.8. The van der Waals surface area contributed by atoms with E-state index in [1.54, 1.807) is 49.4 Å². The molecule has 0 unspecified atom stereocenters. The first kappa shape index (κ1) is 28.4. The number of benzene rings is 2. The molecule has 0 saturated carbocycles. The third-order valence-corrected chi connectivity index (χ3v) is 7.36. The predicted octanol–water partition coefficient (Wildman–Crippen LogP) is 4.71. The Morgan fingerprint density at radius 1 is 1.06 bits per heavy atom. The van der Waals surface area contributed by atoms with E-state index < -0.39 is 28.5 Å². The molecular weight excluding hydrogens is 565 g/mol. The van der Waals surface area contributed by atoms with Gasteiger partial charge in [-0.15, -0.1) is 0 Å². The lowest BCUT2D eigenvalue weighted by Gasteiger charge is -2.32. The Labute approximate surface area is 219 Å². The first-order valence-electron chi connectivity index (χ1n) is 10.5. The maximum atomic E-state index is 13.5. The molecule has 1 N–H and O–H groups in total. The van der Waals surface area contributed by atoms with Gasteiger partial charge < -0.3 is 10.2 Å². The van der Waals surface area contributed by atoms with Gasteiger partial charge in [-0.25, -0.2) is 8.42 Å². The van der Waals surface area contributed by atoms with Crippen LogP contribution in [-0.4, -0.2) is 50.5 Å². The Kier molecular flexibility index (Phi) is 10.2. The zero-order valence-corrected chi connectivity index (χ0v) is 23.3. The molecule has 2 aromatic carbocycles. The molecule has 34 heavy (non-hydrogen) atoms. The maximum absolute atomic E-state index is 13.5. The predicted molar refractivity (Wildman–Crippen MR) is 141 cm³/mol. The quantitative estimate of drug-likeness (QED) is 0.433. The molecular formula is C23H28BrCl2N3O4S. The monoisotopic (exact) mass is 591 g/mol. The van der Waals surface area contributed by atoms with Crippen LogP contribution >= 0.6 is 39.1 Å². The van der Waals surface area contributed by atoms with E-state index in [0.717, 1.165) is 10.6 Å². The fourth-order valence-electron chi connectivity index (χ4n) is 3.13. The van der Waals surface area contributed by atoms with Crippen LogP contribution in [0.4, 0.5) is 5.69 Å². The van der Waals surface area contributed by atoms with Crippen LogP contribution in [0.1, 0.15) is 26.3 Å². The molecule has 0 aromatic heterocycles. The number of carbonyl (C=O) groups excluding carboxylic acids is 2. The second-order valence-electron chi connectivity index (χ2n) is 8.29. The van der Waals surface area contributed by atoms with E-state index in [-0.39, 0.29) is 18.4 Å². The van der Waals surface area contributed by atoms with Gasteiger partial charge in [-0.3, -0.25) is 13.9 Å². The van der Waals surface area contributed by atoms with Crippen LogP contribution in [-0.2, 0) is 26.2 Å². The van der Waals surface area contributed by atoms with Crippen molar-refractivity contribution < 1.29 is 18.0 Å². The summed E-state index contributed by atoms with van der Waals surface area (Å²) >= 11 is 16.0. The highest BCUT2D eigenvalue weighted by molar-refractivity contribution is 9.10. The van der Waals surface area contributed by atoms with Crippen LogP contribution in [0.15, 0.2) is 46.9 Å². The maximum Gasteiger partial charge on any atom is 0.244 e. The molecule has 0 heterocycles. The van der Waals surface area contributed by atoms with Crippen LogP contribution in [0.2, 0.25) is 10.0 Å². The smallest absolute Gasteiger partial charge is 0.244 e. The van der Waals surface area contributed by atoms with Crippen LogP contribution in [0.5, 0.6) is 0 Å². The third-order valence-electron chi connectivity index (χ3n) is 5.02. The minimum absolute atomic E-state index is 0.0658. The second-order valence-corrected chi connectivity index (χ2v) is 11.9. The molecule has 0 fully saturated rings. The molecule has 186 valence electrons. The van der Waals surface area contributed by atoms with Gasteiger partial charge in [0.1, 0.15) is 12.6 Å². The van der Waals surface area contributed by atoms with Crippen molar-refractivity contribution in [3.8, 4) is 0 Å². The number of hydrogen-bond acceptors (Lipinski definition) is 4. The zero-order valence-electron chi connectivity index (χ0n) is 19.4. The number of nitrogens with one attached hydrogen (secondary N) is 1. The third kappa shape index (κ3) is 7.86. The average Bonchev–Trinajstić information content (AvgIpc) is 2.74. The molecule has 0 spiro atoms. The normalized spacial score (nSPS) is 12.4. The summed E-state index contributed by atoms with van der Waals surface area (Å²) in [5.41, 5.74) is 0.786. The first-order chi connectivity index (χ1) is 15.8. The summed E-state index contributed by atoms with van der Waals surface area (Å²) in [5.74, 6) is -0.720. The van der Waals surface area contributed by atoms with Crippen molar-refractivity contribution in [3.05, 3.63) is 62.5 Å². The zero-order chi connectivity index (χ0) is 25.6. The van der Waals surface area contributed by atoms with E-state index in [0.29, 0.717) is 32.3 Å². The van der Waals surface area contributed by atoms with Gasteiger partial charge in [0.05, 0.1) is 11.9 Å². The molecule has 0 bridgehead atoms. The molecule has 7 nitrogen and oxygen atoms in total. The first-order valence-corrected chi connectivity index (χ1v) is 13.9. The van der Waals surface area contributed by atoms with Crippen molar-refractivity contribution in [2.24, 2.45) is 5.92 Å². The Morgan fingerprint density at radius 3 is 2.18 bits per heavy atom. The Balaban J connectivity index is 2.43. The lowest BCUT2D eigenvalue weighted by atomic mass is 10.1. The van der Waals surface area contributed by atoms with Crippen molar-refractivity contribution in [2.45, 2.75) is 33.4 Å². The highest BCUT2D eigenvalue weighted by Crippen LogP contribution is 2.27. The molecule has 0 aliphatic carbocycles. The number of hydrogen-bond donors (Lipinski definition) is 1. The Bertz CT molecular complexity index is 1120. The van der Waals surface area contributed by atoms with Crippen molar-refractivity contribution >= 4 is 66.7 Å². The van der Waals surface area contributed by atoms with E-state index in [4.69, 9.17) is 23.2 Å². The number of rotatable bonds is 10. The average molecular weight is 593 g/mol. The molecule has 2 amide bonds. The van der Waals surface area contributed by atoms with Gasteiger partial charge in [0.25, 0.3) is 0 Å². The van der Waals surface area contributed by atoms with E-state index in [1.807, 2.05) is 13.8 Å². The standard InChI is InChI=1S/C23H28BrCl2N3O4S/c1-15(2)12-27-23(31)16(3)28(13-19-20(25)9-6-10-21(19)26)22(30)14-29(34(4,32)33)18-8-5-7-17(24)11-18/h5-11,15-16H,12-14H2,1-4H3,(H,27,31)/t16-/m1/s1. The van der Waals surface area contributed by atoms with Gasteiger partial charge in [0.2, 0.25) is 21.8 Å². The summed E-state index contributed by atoms with van der Waals surface area (Å²) in [7, 11) is -3.81. The van der Waals surface area contributed by atoms with E-state index in [1.165, 1.54) is 4.90 Å². The molecule has 11 heteroatoms. The number of amides is 2. The number of anilines is 1.